The van der Waals surface area contributed by atoms with Crippen molar-refractivity contribution in [3.63, 3.8) is 0 Å². The molecule has 0 bridgehead atoms. The van der Waals surface area contributed by atoms with E-state index in [4.69, 9.17) is 11.6 Å². The lowest BCUT2D eigenvalue weighted by Gasteiger charge is -2.20. The average Bonchev–Trinajstić information content (AvgIpc) is 3.03. The van der Waals surface area contributed by atoms with E-state index in [2.05, 4.69) is 22.4 Å². The highest BCUT2D eigenvalue weighted by Crippen LogP contribution is 2.27. The highest BCUT2D eigenvalue weighted by atomic mass is 35.5. The first-order valence-corrected chi connectivity index (χ1v) is 9.00. The molecule has 1 aliphatic rings. The molecule has 1 aromatic heterocycles. The molecule has 0 unspecified atom stereocenters. The summed E-state index contributed by atoms with van der Waals surface area (Å²) >= 11 is 7.49. The first kappa shape index (κ1) is 15.5. The van der Waals surface area contributed by atoms with E-state index in [9.17, 15) is 0 Å². The zero-order chi connectivity index (χ0) is 15.4. The van der Waals surface area contributed by atoms with Crippen molar-refractivity contribution in [2.75, 3.05) is 5.43 Å². The summed E-state index contributed by atoms with van der Waals surface area (Å²) in [5, 5.41) is 8.15. The number of aromatic nitrogens is 1. The number of halogens is 1. The van der Waals surface area contributed by atoms with Gasteiger partial charge in [-0.25, -0.2) is 4.98 Å². The Kier molecular flexibility index (Phi) is 5.11. The smallest absolute Gasteiger partial charge is 0.203 e. The molecular formula is C17H20ClN3S. The summed E-state index contributed by atoms with van der Waals surface area (Å²) in [6.45, 7) is 2.12. The van der Waals surface area contributed by atoms with Crippen molar-refractivity contribution in [3.8, 4) is 11.3 Å². The molecule has 0 spiro atoms. The minimum Gasteiger partial charge on any atom is -0.253 e. The number of rotatable bonds is 4. The monoisotopic (exact) mass is 333 g/mol. The number of benzene rings is 1. The molecule has 22 heavy (non-hydrogen) atoms. The van der Waals surface area contributed by atoms with Gasteiger partial charge in [-0.1, -0.05) is 43.0 Å². The predicted molar refractivity (Wildman–Crippen MR) is 95.9 cm³/mol. The maximum absolute atomic E-state index is 5.91. The summed E-state index contributed by atoms with van der Waals surface area (Å²) in [4.78, 5) is 4.58. The molecule has 5 heteroatoms. The van der Waals surface area contributed by atoms with Gasteiger partial charge >= 0.3 is 0 Å². The van der Waals surface area contributed by atoms with Crippen molar-refractivity contribution < 1.29 is 0 Å². The third-order valence-corrected chi connectivity index (χ3v) is 5.17. The van der Waals surface area contributed by atoms with Gasteiger partial charge in [0, 0.05) is 21.7 Å². The average molecular weight is 334 g/mol. The van der Waals surface area contributed by atoms with Crippen molar-refractivity contribution in [1.29, 1.82) is 0 Å². The molecule has 1 fully saturated rings. The van der Waals surface area contributed by atoms with Crippen LogP contribution in [-0.4, -0.2) is 10.7 Å². The first-order chi connectivity index (χ1) is 10.7. The van der Waals surface area contributed by atoms with Crippen molar-refractivity contribution in [2.24, 2.45) is 11.0 Å². The van der Waals surface area contributed by atoms with E-state index in [0.29, 0.717) is 5.92 Å². The Morgan fingerprint density at radius 1 is 1.23 bits per heavy atom. The van der Waals surface area contributed by atoms with E-state index < -0.39 is 0 Å². The Bertz CT molecular complexity index is 642. The molecule has 1 heterocycles. The molecule has 0 aliphatic heterocycles. The van der Waals surface area contributed by atoms with Crippen LogP contribution in [0.4, 0.5) is 5.13 Å². The third-order valence-electron chi connectivity index (χ3n) is 4.17. The molecular weight excluding hydrogens is 314 g/mol. The van der Waals surface area contributed by atoms with E-state index >= 15 is 0 Å². The quantitative estimate of drug-likeness (QED) is 0.564. The van der Waals surface area contributed by atoms with Crippen molar-refractivity contribution >= 4 is 33.8 Å². The number of anilines is 1. The van der Waals surface area contributed by atoms with Gasteiger partial charge < -0.3 is 0 Å². The molecule has 0 amide bonds. The van der Waals surface area contributed by atoms with Gasteiger partial charge in [0.2, 0.25) is 5.13 Å². The molecule has 0 radical (unpaired) electrons. The summed E-state index contributed by atoms with van der Waals surface area (Å²) in [7, 11) is 0. The highest BCUT2D eigenvalue weighted by Gasteiger charge is 2.16. The molecule has 2 aromatic rings. The molecule has 3 nitrogen and oxygen atoms in total. The molecule has 1 aliphatic carbocycles. The van der Waals surface area contributed by atoms with E-state index in [1.165, 1.54) is 37.8 Å². The minimum absolute atomic E-state index is 0.636. The van der Waals surface area contributed by atoms with Gasteiger partial charge in [0.25, 0.3) is 0 Å². The standard InChI is InChI=1S/C17H20ClN3S/c1-12(13-5-3-2-4-6-13)20-21-17-19-16(11-22-17)14-7-9-15(18)10-8-14/h7-11,13H,2-6H2,1H3,(H,19,21)/b20-12-. The summed E-state index contributed by atoms with van der Waals surface area (Å²) in [6.07, 6.45) is 6.56. The zero-order valence-corrected chi connectivity index (χ0v) is 14.3. The van der Waals surface area contributed by atoms with Gasteiger partial charge in [-0.05, 0) is 37.8 Å². The number of hydrogen-bond acceptors (Lipinski definition) is 4. The van der Waals surface area contributed by atoms with Crippen molar-refractivity contribution in [2.45, 2.75) is 39.0 Å². The lowest BCUT2D eigenvalue weighted by Crippen LogP contribution is -2.16. The summed E-state index contributed by atoms with van der Waals surface area (Å²) in [5.74, 6) is 0.636. The Labute approximate surface area is 140 Å². The highest BCUT2D eigenvalue weighted by molar-refractivity contribution is 7.14. The molecule has 116 valence electrons. The second kappa shape index (κ2) is 7.25. The second-order valence-corrected chi connectivity index (χ2v) is 7.04. The molecule has 1 saturated carbocycles. The Balaban J connectivity index is 1.65. The number of nitrogens with one attached hydrogen (secondary N) is 1. The van der Waals surface area contributed by atoms with E-state index in [-0.39, 0.29) is 0 Å². The largest absolute Gasteiger partial charge is 0.253 e. The topological polar surface area (TPSA) is 37.3 Å². The number of nitrogens with zero attached hydrogens (tertiary/aromatic N) is 2. The van der Waals surface area contributed by atoms with Gasteiger partial charge in [0.1, 0.15) is 0 Å². The molecule has 0 saturated heterocycles. The SMILES string of the molecule is C/C(=N/Nc1nc(-c2ccc(Cl)cc2)cs1)C1CCCCC1. The van der Waals surface area contributed by atoms with Crippen LogP contribution in [0.25, 0.3) is 11.3 Å². The van der Waals surface area contributed by atoms with Gasteiger partial charge in [-0.3, -0.25) is 5.43 Å². The van der Waals surface area contributed by atoms with Gasteiger partial charge in [-0.2, -0.15) is 5.10 Å². The minimum atomic E-state index is 0.636. The van der Waals surface area contributed by atoms with Gasteiger partial charge in [0.15, 0.2) is 0 Å². The van der Waals surface area contributed by atoms with E-state index in [0.717, 1.165) is 21.4 Å². The third kappa shape index (κ3) is 3.87. The maximum atomic E-state index is 5.91. The van der Waals surface area contributed by atoms with Crippen LogP contribution in [0.5, 0.6) is 0 Å². The fourth-order valence-corrected chi connectivity index (χ4v) is 3.61. The summed E-state index contributed by atoms with van der Waals surface area (Å²) in [6, 6.07) is 7.73. The van der Waals surface area contributed by atoms with Crippen LogP contribution in [-0.2, 0) is 0 Å². The molecule has 3 rings (SSSR count). The fourth-order valence-electron chi connectivity index (χ4n) is 2.83. The van der Waals surface area contributed by atoms with Crippen molar-refractivity contribution in [3.05, 3.63) is 34.7 Å². The van der Waals surface area contributed by atoms with Crippen LogP contribution in [0.3, 0.4) is 0 Å². The van der Waals surface area contributed by atoms with E-state index in [1.54, 1.807) is 11.3 Å². The number of thiazole rings is 1. The normalized spacial score (nSPS) is 16.7. The fraction of sp³-hybridized carbons (Fsp3) is 0.412. The zero-order valence-electron chi connectivity index (χ0n) is 12.7. The molecule has 1 N–H and O–H groups in total. The second-order valence-electron chi connectivity index (χ2n) is 5.74. The predicted octanol–water partition coefficient (Wildman–Crippen LogP) is 5.83. The van der Waals surface area contributed by atoms with Crippen LogP contribution < -0.4 is 5.43 Å². The van der Waals surface area contributed by atoms with Crippen LogP contribution in [0, 0.1) is 5.92 Å². The van der Waals surface area contributed by atoms with Crippen LogP contribution in [0.1, 0.15) is 39.0 Å². The Morgan fingerprint density at radius 3 is 2.68 bits per heavy atom. The number of hydrogen-bond donors (Lipinski definition) is 1. The summed E-state index contributed by atoms with van der Waals surface area (Å²) in [5.41, 5.74) is 6.33. The van der Waals surface area contributed by atoms with Gasteiger partial charge in [0.05, 0.1) is 5.69 Å². The number of hydrazone groups is 1. The Morgan fingerprint density at radius 2 is 1.95 bits per heavy atom. The maximum Gasteiger partial charge on any atom is 0.203 e. The summed E-state index contributed by atoms with van der Waals surface area (Å²) < 4.78 is 0. The van der Waals surface area contributed by atoms with Crippen LogP contribution in [0.15, 0.2) is 34.7 Å². The Hall–Kier alpha value is -1.39. The van der Waals surface area contributed by atoms with Gasteiger partial charge in [-0.15, -0.1) is 11.3 Å². The first-order valence-electron chi connectivity index (χ1n) is 7.74. The van der Waals surface area contributed by atoms with E-state index in [1.807, 2.05) is 29.6 Å². The lowest BCUT2D eigenvalue weighted by molar-refractivity contribution is 0.438. The van der Waals surface area contributed by atoms with Crippen molar-refractivity contribution in [1.82, 2.24) is 4.98 Å². The molecule has 0 atom stereocenters. The molecule has 1 aromatic carbocycles. The van der Waals surface area contributed by atoms with Crippen LogP contribution in [0.2, 0.25) is 5.02 Å². The van der Waals surface area contributed by atoms with Crippen LogP contribution >= 0.6 is 22.9 Å². The lowest BCUT2D eigenvalue weighted by atomic mass is 9.86.